The summed E-state index contributed by atoms with van der Waals surface area (Å²) in [6, 6.07) is 2.99. The number of aromatic nitrogens is 2. The molecule has 0 bridgehead atoms. The predicted molar refractivity (Wildman–Crippen MR) is 66.8 cm³/mol. The average Bonchev–Trinajstić information content (AvgIpc) is 2.83. The maximum absolute atomic E-state index is 13.0. The lowest BCUT2D eigenvalue weighted by molar-refractivity contribution is 0.475. The largest absolute Gasteiger partial charge is 0.506 e. The molecule has 0 spiro atoms. The Balaban J connectivity index is 2.33. The number of H-pyrrole nitrogens is 1. The number of hydrogen-bond acceptors (Lipinski definition) is 4. The summed E-state index contributed by atoms with van der Waals surface area (Å²) in [4.78, 5) is 6.49. The Bertz CT molecular complexity index is 697. The molecule has 0 aliphatic heterocycles. The van der Waals surface area contributed by atoms with E-state index < -0.39 is 15.8 Å². The predicted octanol–water partition coefficient (Wildman–Crippen LogP) is 1.62. The van der Waals surface area contributed by atoms with Gasteiger partial charge in [-0.3, -0.25) is 4.72 Å². The fourth-order valence-electron chi connectivity index (χ4n) is 1.45. The molecule has 3 N–H and O–H groups in total. The molecule has 19 heavy (non-hydrogen) atoms. The summed E-state index contributed by atoms with van der Waals surface area (Å²) in [5, 5.41) is 9.33. The number of hydrogen-bond donors (Lipinski definition) is 3. The Morgan fingerprint density at radius 3 is 2.84 bits per heavy atom. The third-order valence-corrected chi connectivity index (χ3v) is 3.71. The van der Waals surface area contributed by atoms with Gasteiger partial charge < -0.3 is 10.1 Å². The molecule has 1 aromatic heterocycles. The molecule has 0 saturated carbocycles. The summed E-state index contributed by atoms with van der Waals surface area (Å²) in [5.41, 5.74) is -0.229. The third-order valence-electron chi connectivity index (χ3n) is 2.43. The van der Waals surface area contributed by atoms with Crippen LogP contribution < -0.4 is 4.72 Å². The molecule has 8 heteroatoms. The molecule has 2 rings (SSSR count). The van der Waals surface area contributed by atoms with Crippen molar-refractivity contribution in [1.82, 2.24) is 9.97 Å². The highest BCUT2D eigenvalue weighted by molar-refractivity contribution is 7.92. The van der Waals surface area contributed by atoms with Crippen molar-refractivity contribution in [3.63, 3.8) is 0 Å². The topological polar surface area (TPSA) is 95.1 Å². The first kappa shape index (κ1) is 13.3. The zero-order chi connectivity index (χ0) is 14.0. The van der Waals surface area contributed by atoms with Gasteiger partial charge in [-0.2, -0.15) is 8.42 Å². The van der Waals surface area contributed by atoms with Crippen LogP contribution in [0.2, 0.25) is 0 Å². The first-order chi connectivity index (χ1) is 8.92. The van der Waals surface area contributed by atoms with Crippen molar-refractivity contribution in [2.75, 3.05) is 4.72 Å². The van der Waals surface area contributed by atoms with Crippen molar-refractivity contribution < 1.29 is 17.9 Å². The summed E-state index contributed by atoms with van der Waals surface area (Å²) >= 11 is 0. The molecule has 0 aliphatic carbocycles. The molecule has 0 atom stereocenters. The summed E-state index contributed by atoms with van der Waals surface area (Å²) in [6.45, 7) is 1.82. The van der Waals surface area contributed by atoms with E-state index in [9.17, 15) is 17.9 Å². The van der Waals surface area contributed by atoms with Crippen molar-refractivity contribution in [2.24, 2.45) is 0 Å². The normalized spacial score (nSPS) is 11.5. The van der Waals surface area contributed by atoms with E-state index in [1.54, 1.807) is 0 Å². The van der Waals surface area contributed by atoms with Crippen LogP contribution in [0.3, 0.4) is 0 Å². The lowest BCUT2D eigenvalue weighted by Crippen LogP contribution is -2.13. The monoisotopic (exact) mass is 285 g/mol. The van der Waals surface area contributed by atoms with Crippen molar-refractivity contribution in [2.45, 2.75) is 18.4 Å². The van der Waals surface area contributed by atoms with Gasteiger partial charge in [-0.15, -0.1) is 0 Å². The second-order valence-corrected chi connectivity index (χ2v) is 5.47. The first-order valence-electron chi connectivity index (χ1n) is 5.47. The van der Waals surface area contributed by atoms with Gasteiger partial charge in [-0.05, 0) is 12.1 Å². The molecule has 2 aromatic rings. The molecular weight excluding hydrogens is 273 g/mol. The van der Waals surface area contributed by atoms with E-state index in [0.717, 1.165) is 24.4 Å². The first-order valence-corrected chi connectivity index (χ1v) is 6.96. The second kappa shape index (κ2) is 4.88. The number of sulfonamides is 1. The number of phenols is 1. The Kier molecular flexibility index (Phi) is 3.43. The van der Waals surface area contributed by atoms with E-state index in [4.69, 9.17) is 0 Å². The Hall–Kier alpha value is -2.09. The zero-order valence-corrected chi connectivity index (χ0v) is 10.8. The fraction of sp³-hybridized carbons (Fsp3) is 0.182. The molecule has 0 unspecified atom stereocenters. The lowest BCUT2D eigenvalue weighted by Gasteiger charge is -2.07. The molecule has 1 heterocycles. The third kappa shape index (κ3) is 2.84. The van der Waals surface area contributed by atoms with Crippen LogP contribution in [0, 0.1) is 5.82 Å². The molecule has 6 nitrogen and oxygen atoms in total. The zero-order valence-electron chi connectivity index (χ0n) is 10.0. The minimum atomic E-state index is -3.94. The van der Waals surface area contributed by atoms with Gasteiger partial charge in [0.2, 0.25) is 0 Å². The minimum Gasteiger partial charge on any atom is -0.506 e. The van der Waals surface area contributed by atoms with Crippen molar-refractivity contribution in [3.8, 4) is 5.75 Å². The maximum Gasteiger partial charge on any atom is 0.279 e. The van der Waals surface area contributed by atoms with E-state index in [2.05, 4.69) is 14.7 Å². The molecule has 0 saturated heterocycles. The summed E-state index contributed by atoms with van der Waals surface area (Å²) in [5.74, 6) is -0.501. The van der Waals surface area contributed by atoms with Gasteiger partial charge in [0.25, 0.3) is 10.0 Å². The molecule has 0 fully saturated rings. The molecule has 0 amide bonds. The summed E-state index contributed by atoms with van der Waals surface area (Å²) < 4.78 is 39.1. The lowest BCUT2D eigenvalue weighted by atomic mass is 10.3. The molecule has 102 valence electrons. The van der Waals surface area contributed by atoms with Crippen LogP contribution >= 0.6 is 0 Å². The maximum atomic E-state index is 13.0. The smallest absolute Gasteiger partial charge is 0.279 e. The highest BCUT2D eigenvalue weighted by Crippen LogP contribution is 2.25. The number of halogens is 1. The van der Waals surface area contributed by atoms with E-state index in [0.29, 0.717) is 12.2 Å². The van der Waals surface area contributed by atoms with Crippen molar-refractivity contribution in [1.29, 1.82) is 0 Å². The number of phenolic OH excluding ortho intramolecular Hbond substituents is 1. The summed E-state index contributed by atoms with van der Waals surface area (Å²) in [6.07, 6.45) is 1.72. The Labute approximate surface area is 109 Å². The quantitative estimate of drug-likeness (QED) is 0.744. The van der Waals surface area contributed by atoms with Gasteiger partial charge in [0, 0.05) is 12.5 Å². The Morgan fingerprint density at radius 2 is 2.21 bits per heavy atom. The average molecular weight is 285 g/mol. The van der Waals surface area contributed by atoms with Crippen molar-refractivity contribution in [3.05, 3.63) is 36.0 Å². The minimum absolute atomic E-state index is 0.145. The van der Waals surface area contributed by atoms with Crippen LogP contribution in [0.1, 0.15) is 12.7 Å². The number of nitrogens with zero attached hydrogens (tertiary/aromatic N) is 1. The highest BCUT2D eigenvalue weighted by Gasteiger charge is 2.19. The van der Waals surface area contributed by atoms with Crippen LogP contribution in [0.25, 0.3) is 0 Å². The van der Waals surface area contributed by atoms with Gasteiger partial charge in [-0.25, -0.2) is 9.37 Å². The molecular formula is C11H12FN3O3S. The fourth-order valence-corrected chi connectivity index (χ4v) is 2.46. The van der Waals surface area contributed by atoms with Gasteiger partial charge in [0.05, 0.1) is 11.9 Å². The number of aryl methyl sites for hydroxylation is 1. The number of nitrogens with one attached hydrogen (secondary N) is 2. The number of aromatic amines is 1. The number of imidazole rings is 1. The van der Waals surface area contributed by atoms with Crippen LogP contribution in [-0.4, -0.2) is 23.5 Å². The van der Waals surface area contributed by atoms with Gasteiger partial charge >= 0.3 is 0 Å². The van der Waals surface area contributed by atoms with E-state index in [1.165, 1.54) is 0 Å². The van der Waals surface area contributed by atoms with Crippen molar-refractivity contribution >= 4 is 15.7 Å². The molecule has 1 aromatic carbocycles. The second-order valence-electron chi connectivity index (χ2n) is 3.81. The highest BCUT2D eigenvalue weighted by atomic mass is 32.2. The molecule has 0 aliphatic rings. The number of anilines is 1. The van der Waals surface area contributed by atoms with Crippen LogP contribution in [0.4, 0.5) is 10.1 Å². The van der Waals surface area contributed by atoms with Gasteiger partial charge in [0.1, 0.15) is 17.4 Å². The van der Waals surface area contributed by atoms with Gasteiger partial charge in [-0.1, -0.05) is 6.92 Å². The SMILES string of the molecule is CCc1ncc(S(=O)(=O)Nc2cc(F)ccc2O)[nH]1. The van der Waals surface area contributed by atoms with Gasteiger partial charge in [0.15, 0.2) is 5.03 Å². The number of benzene rings is 1. The van der Waals surface area contributed by atoms with Crippen LogP contribution in [0.15, 0.2) is 29.4 Å². The van der Waals surface area contributed by atoms with Crippen LogP contribution in [0.5, 0.6) is 5.75 Å². The number of rotatable bonds is 4. The molecule has 0 radical (unpaired) electrons. The van der Waals surface area contributed by atoms with E-state index in [-0.39, 0.29) is 16.5 Å². The Morgan fingerprint density at radius 1 is 1.47 bits per heavy atom. The van der Waals surface area contributed by atoms with Crippen LogP contribution in [-0.2, 0) is 16.4 Å². The number of aromatic hydroxyl groups is 1. The van der Waals surface area contributed by atoms with E-state index in [1.807, 2.05) is 6.92 Å². The van der Waals surface area contributed by atoms with E-state index >= 15 is 0 Å². The summed E-state index contributed by atoms with van der Waals surface area (Å²) in [7, 11) is -3.94. The standard InChI is InChI=1S/C11H12FN3O3S/c1-2-10-13-6-11(14-10)19(17,18)15-8-5-7(12)3-4-9(8)16/h3-6,15-16H,2H2,1H3,(H,13,14).